The van der Waals surface area contributed by atoms with Crippen LogP contribution in [0, 0.1) is 5.41 Å². The number of nitrogens with two attached hydrogens (primary N) is 1. The third-order valence-corrected chi connectivity index (χ3v) is 8.90. The number of carboxylic acids is 1. The highest BCUT2D eigenvalue weighted by atomic mass is 32.2. The van der Waals surface area contributed by atoms with Gasteiger partial charge in [-0.2, -0.15) is 4.31 Å². The van der Waals surface area contributed by atoms with Crippen LogP contribution < -0.4 is 11.1 Å². The number of carboxylic acid groups (broad SMARTS) is 1. The summed E-state index contributed by atoms with van der Waals surface area (Å²) in [6.07, 6.45) is 4.94. The molecule has 10 nitrogen and oxygen atoms in total. The van der Waals surface area contributed by atoms with Gasteiger partial charge in [0.15, 0.2) is 0 Å². The number of carbonyl (C=O) groups excluding carboxylic acids is 2. The van der Waals surface area contributed by atoms with Crippen LogP contribution in [0.2, 0.25) is 0 Å². The van der Waals surface area contributed by atoms with Crippen LogP contribution >= 0.6 is 0 Å². The Labute approximate surface area is 235 Å². The number of nitrogens with one attached hydrogen (secondary N) is 2. The predicted molar refractivity (Wildman–Crippen MR) is 153 cm³/mol. The number of rotatable bonds is 15. The number of carbonyl (C=O) groups is 3. The van der Waals surface area contributed by atoms with Crippen LogP contribution in [0.5, 0.6) is 0 Å². The van der Waals surface area contributed by atoms with Gasteiger partial charge in [-0.1, -0.05) is 30.7 Å². The second-order valence-electron chi connectivity index (χ2n) is 10.3. The van der Waals surface area contributed by atoms with E-state index in [0.717, 1.165) is 35.6 Å². The topological polar surface area (TPSA) is 171 Å². The lowest BCUT2D eigenvalue weighted by Crippen LogP contribution is -2.51. The van der Waals surface area contributed by atoms with Crippen molar-refractivity contribution in [2.45, 2.75) is 81.7 Å². The lowest BCUT2D eigenvalue weighted by Gasteiger charge is -2.25. The first-order valence-electron chi connectivity index (χ1n) is 13.5. The van der Waals surface area contributed by atoms with Crippen molar-refractivity contribution in [1.29, 1.82) is 5.41 Å². The highest BCUT2D eigenvalue weighted by Crippen LogP contribution is 2.27. The van der Waals surface area contributed by atoms with Crippen molar-refractivity contribution in [3.8, 4) is 0 Å². The van der Waals surface area contributed by atoms with Gasteiger partial charge in [-0.25, -0.2) is 13.2 Å². The first kappa shape index (κ1) is 31.0. The molecule has 5 N–H and O–H groups in total. The van der Waals surface area contributed by atoms with Crippen LogP contribution in [-0.4, -0.2) is 59.8 Å². The molecule has 2 aromatic rings. The minimum absolute atomic E-state index is 0.0131. The molecule has 2 atom stereocenters. The van der Waals surface area contributed by atoms with Crippen molar-refractivity contribution in [3.63, 3.8) is 0 Å². The summed E-state index contributed by atoms with van der Waals surface area (Å²) < 4.78 is 27.4. The number of nitrogens with zero attached hydrogens (tertiary/aromatic N) is 1. The third-order valence-electron chi connectivity index (χ3n) is 6.98. The van der Waals surface area contributed by atoms with Gasteiger partial charge in [0.1, 0.15) is 17.9 Å². The van der Waals surface area contributed by atoms with E-state index in [9.17, 15) is 27.9 Å². The predicted octanol–water partition coefficient (Wildman–Crippen LogP) is 3.34. The van der Waals surface area contributed by atoms with Crippen molar-refractivity contribution >= 4 is 39.1 Å². The van der Waals surface area contributed by atoms with Gasteiger partial charge in [0.05, 0.1) is 4.90 Å². The van der Waals surface area contributed by atoms with Crippen molar-refractivity contribution in [2.24, 2.45) is 0 Å². The number of benzene rings is 2. The summed E-state index contributed by atoms with van der Waals surface area (Å²) in [5.74, 6) is -1.75. The molecule has 0 bridgehead atoms. The molecule has 216 valence electrons. The van der Waals surface area contributed by atoms with E-state index in [1.807, 2.05) is 0 Å². The zero-order valence-electron chi connectivity index (χ0n) is 22.8. The Hall–Kier alpha value is -3.57. The first-order valence-corrected chi connectivity index (χ1v) is 15.0. The molecule has 1 fully saturated rings. The van der Waals surface area contributed by atoms with E-state index in [0.29, 0.717) is 36.2 Å². The Morgan fingerprint density at radius 3 is 2.27 bits per heavy atom. The summed E-state index contributed by atoms with van der Waals surface area (Å²) in [4.78, 5) is 37.4. The minimum Gasteiger partial charge on any atom is -0.480 e. The maximum atomic E-state index is 13.1. The van der Waals surface area contributed by atoms with Gasteiger partial charge in [-0.05, 0) is 74.4 Å². The number of hydrogen-bond donors (Lipinski definition) is 4. The van der Waals surface area contributed by atoms with Gasteiger partial charge in [0.25, 0.3) is 0 Å². The molecule has 1 heterocycles. The number of sulfonamides is 1. The Bertz CT molecular complexity index is 1310. The average Bonchev–Trinajstić information content (AvgIpc) is 3.40. The molecule has 0 aromatic heterocycles. The third kappa shape index (κ3) is 8.72. The number of aliphatic carboxylic acids is 1. The summed E-state index contributed by atoms with van der Waals surface area (Å²) >= 11 is 0. The normalized spacial score (nSPS) is 16.4. The molecule has 3 rings (SSSR count). The fourth-order valence-corrected chi connectivity index (χ4v) is 6.42. The highest BCUT2D eigenvalue weighted by molar-refractivity contribution is 7.89. The largest absolute Gasteiger partial charge is 0.480 e. The van der Waals surface area contributed by atoms with Crippen LogP contribution in [0.4, 0.5) is 5.69 Å². The summed E-state index contributed by atoms with van der Waals surface area (Å²) in [5.41, 5.74) is 8.23. The number of amides is 1. The Kier molecular flexibility index (Phi) is 11.0. The molecule has 11 heteroatoms. The van der Waals surface area contributed by atoms with Crippen molar-refractivity contribution in [3.05, 3.63) is 59.7 Å². The zero-order valence-corrected chi connectivity index (χ0v) is 23.6. The van der Waals surface area contributed by atoms with Gasteiger partial charge in [0, 0.05) is 37.2 Å². The van der Waals surface area contributed by atoms with Crippen molar-refractivity contribution < 1.29 is 27.9 Å². The van der Waals surface area contributed by atoms with Crippen LogP contribution in [0.1, 0.15) is 63.0 Å². The molecule has 1 aliphatic heterocycles. The van der Waals surface area contributed by atoms with E-state index in [-0.39, 0.29) is 30.1 Å². The number of nitrogen functional groups attached to an aromatic ring is 1. The molecule has 40 heavy (non-hydrogen) atoms. The van der Waals surface area contributed by atoms with E-state index in [4.69, 9.17) is 11.1 Å². The maximum Gasteiger partial charge on any atom is 0.326 e. The second-order valence-corrected chi connectivity index (χ2v) is 12.2. The van der Waals surface area contributed by atoms with E-state index >= 15 is 0 Å². The molecule has 0 aliphatic carbocycles. The molecule has 0 saturated carbocycles. The number of Topliss-reactive ketones (excluding diaryl/α,β-unsaturated/α-hetero) is 1. The fourth-order valence-electron chi connectivity index (χ4n) is 4.77. The van der Waals surface area contributed by atoms with Gasteiger partial charge < -0.3 is 21.6 Å². The van der Waals surface area contributed by atoms with Crippen LogP contribution in [0.3, 0.4) is 0 Å². The molecule has 1 saturated heterocycles. The van der Waals surface area contributed by atoms with Gasteiger partial charge in [-0.3, -0.25) is 9.59 Å². The lowest BCUT2D eigenvalue weighted by atomic mass is 10.00. The lowest BCUT2D eigenvalue weighted by molar-refractivity contribution is -0.142. The zero-order chi connectivity index (χ0) is 29.3. The standard InChI is InChI=1S/C29H38N4O6S/c1-20(30)6-3-2-4-7-24(34)18-21-9-11-22(12-10-21)19-26(29(36)37)32-28(35)27-8-5-17-33(27)40(38,39)25-15-13-23(31)14-16-25/h9-16,26-27,30H,2-8,17-19,31H2,1H3,(H,32,35)(H,36,37)/t26-,27-/m0/s1. The van der Waals surface area contributed by atoms with Crippen molar-refractivity contribution in [1.82, 2.24) is 9.62 Å². The monoisotopic (exact) mass is 570 g/mol. The summed E-state index contributed by atoms with van der Waals surface area (Å²) in [6.45, 7) is 1.94. The number of hydrogen-bond acceptors (Lipinski definition) is 7. The summed E-state index contributed by atoms with van der Waals surface area (Å²) in [5, 5.41) is 19.7. The molecule has 1 amide bonds. The van der Waals surface area contributed by atoms with E-state index in [1.54, 1.807) is 31.2 Å². The highest BCUT2D eigenvalue weighted by Gasteiger charge is 2.40. The summed E-state index contributed by atoms with van der Waals surface area (Å²) in [7, 11) is -3.96. The quantitative estimate of drug-likeness (QED) is 0.144. The smallest absolute Gasteiger partial charge is 0.326 e. The number of anilines is 1. The van der Waals surface area contributed by atoms with Gasteiger partial charge in [-0.15, -0.1) is 0 Å². The molecule has 2 aromatic carbocycles. The SMILES string of the molecule is CC(=N)CCCCCC(=O)Cc1ccc(C[C@H](NC(=O)[C@@H]2CCCN2S(=O)(=O)c2ccc(N)cc2)C(=O)O)cc1. The Balaban J connectivity index is 1.57. The Morgan fingerprint density at radius 1 is 1.02 bits per heavy atom. The minimum atomic E-state index is -3.96. The maximum absolute atomic E-state index is 13.1. The first-order chi connectivity index (χ1) is 19.0. The van der Waals surface area contributed by atoms with Crippen LogP contribution in [0.25, 0.3) is 0 Å². The summed E-state index contributed by atoms with van der Waals surface area (Å²) in [6, 6.07) is 10.5. The molecule has 0 radical (unpaired) electrons. The van der Waals surface area contributed by atoms with Gasteiger partial charge >= 0.3 is 5.97 Å². The van der Waals surface area contributed by atoms with Crippen LogP contribution in [-0.2, 0) is 37.2 Å². The van der Waals surface area contributed by atoms with E-state index < -0.39 is 34.0 Å². The van der Waals surface area contributed by atoms with Gasteiger partial charge in [0.2, 0.25) is 15.9 Å². The molecule has 1 aliphatic rings. The van der Waals surface area contributed by atoms with E-state index in [2.05, 4.69) is 5.32 Å². The van der Waals surface area contributed by atoms with Crippen LogP contribution in [0.15, 0.2) is 53.4 Å². The molecular formula is C29H38N4O6S. The second kappa shape index (κ2) is 14.2. The van der Waals surface area contributed by atoms with Crippen molar-refractivity contribution in [2.75, 3.05) is 12.3 Å². The van der Waals surface area contributed by atoms with E-state index in [1.165, 1.54) is 24.3 Å². The average molecular weight is 571 g/mol. The number of ketones is 1. The fraction of sp³-hybridized carbons (Fsp3) is 0.448. The molecule has 0 unspecified atom stereocenters. The Morgan fingerprint density at radius 2 is 1.65 bits per heavy atom. The number of unbranched alkanes of at least 4 members (excludes halogenated alkanes) is 2. The molecule has 0 spiro atoms. The molecular weight excluding hydrogens is 532 g/mol.